The van der Waals surface area contributed by atoms with Gasteiger partial charge in [-0.2, -0.15) is 0 Å². The highest BCUT2D eigenvalue weighted by molar-refractivity contribution is 5.96. The average Bonchev–Trinajstić information content (AvgIpc) is 2.68. The molecule has 2 N–H and O–H groups in total. The van der Waals surface area contributed by atoms with E-state index in [-0.39, 0.29) is 5.91 Å². The third-order valence-electron chi connectivity index (χ3n) is 3.68. The van der Waals surface area contributed by atoms with E-state index in [1.165, 1.54) is 6.92 Å². The van der Waals surface area contributed by atoms with Crippen LogP contribution in [-0.4, -0.2) is 31.0 Å². The molecule has 2 rings (SSSR count). The van der Waals surface area contributed by atoms with Crippen LogP contribution in [0.1, 0.15) is 37.0 Å². The van der Waals surface area contributed by atoms with Crippen molar-refractivity contribution in [3.8, 4) is 5.75 Å². The molecule has 0 radical (unpaired) electrons. The van der Waals surface area contributed by atoms with Crippen LogP contribution < -0.4 is 15.4 Å². The fraction of sp³-hybridized carbons (Fsp3) is 0.286. The first-order valence-corrected chi connectivity index (χ1v) is 9.05. The fourth-order valence-corrected chi connectivity index (χ4v) is 2.27. The number of carbonyl (C=O) groups excluding carboxylic acids is 3. The third-order valence-corrected chi connectivity index (χ3v) is 3.68. The van der Waals surface area contributed by atoms with E-state index < -0.39 is 18.5 Å². The van der Waals surface area contributed by atoms with Gasteiger partial charge in [0, 0.05) is 18.3 Å². The smallest absolute Gasteiger partial charge is 0.338 e. The Kier molecular flexibility index (Phi) is 8.02. The Morgan fingerprint density at radius 1 is 0.893 bits per heavy atom. The van der Waals surface area contributed by atoms with Crippen LogP contribution >= 0.6 is 0 Å². The van der Waals surface area contributed by atoms with Gasteiger partial charge in [0.2, 0.25) is 5.91 Å². The summed E-state index contributed by atoms with van der Waals surface area (Å²) in [6, 6.07) is 13.2. The quantitative estimate of drug-likeness (QED) is 0.509. The molecule has 7 nitrogen and oxygen atoms in total. The maximum atomic E-state index is 12.0. The average molecular weight is 384 g/mol. The highest BCUT2D eigenvalue weighted by Crippen LogP contribution is 2.15. The third kappa shape index (κ3) is 7.11. The molecular weight excluding hydrogens is 360 g/mol. The molecule has 148 valence electrons. The predicted octanol–water partition coefficient (Wildman–Crippen LogP) is 3.62. The van der Waals surface area contributed by atoms with Crippen molar-refractivity contribution >= 4 is 29.2 Å². The second-order valence-corrected chi connectivity index (χ2v) is 6.11. The Morgan fingerprint density at radius 3 is 2.07 bits per heavy atom. The van der Waals surface area contributed by atoms with Crippen LogP contribution in [0.5, 0.6) is 5.75 Å². The summed E-state index contributed by atoms with van der Waals surface area (Å²) in [5.74, 6) is -0.536. The second-order valence-electron chi connectivity index (χ2n) is 6.11. The van der Waals surface area contributed by atoms with Gasteiger partial charge in [-0.15, -0.1) is 0 Å². The SMILES string of the molecule is CCCCOc1ccc(C(=O)OCC(=O)Nc2ccc(NC(C)=O)cc2)cc1. The first-order valence-electron chi connectivity index (χ1n) is 9.05. The van der Waals surface area contributed by atoms with Crippen LogP contribution in [0.15, 0.2) is 48.5 Å². The highest BCUT2D eigenvalue weighted by atomic mass is 16.5. The van der Waals surface area contributed by atoms with Crippen LogP contribution in [0.4, 0.5) is 11.4 Å². The van der Waals surface area contributed by atoms with Crippen LogP contribution in [0.2, 0.25) is 0 Å². The van der Waals surface area contributed by atoms with E-state index in [2.05, 4.69) is 17.6 Å². The lowest BCUT2D eigenvalue weighted by molar-refractivity contribution is -0.119. The Morgan fingerprint density at radius 2 is 1.50 bits per heavy atom. The molecule has 0 atom stereocenters. The Balaban J connectivity index is 1.78. The summed E-state index contributed by atoms with van der Waals surface area (Å²) < 4.78 is 10.6. The molecule has 2 amide bonds. The minimum absolute atomic E-state index is 0.177. The number of anilines is 2. The zero-order valence-corrected chi connectivity index (χ0v) is 16.0. The van der Waals surface area contributed by atoms with E-state index in [4.69, 9.17) is 9.47 Å². The number of nitrogens with one attached hydrogen (secondary N) is 2. The summed E-state index contributed by atoms with van der Waals surface area (Å²) in [7, 11) is 0. The number of hydrogen-bond donors (Lipinski definition) is 2. The van der Waals surface area contributed by atoms with E-state index in [0.717, 1.165) is 12.8 Å². The zero-order chi connectivity index (χ0) is 20.4. The molecule has 0 saturated carbocycles. The molecule has 0 aromatic heterocycles. The molecule has 0 aliphatic carbocycles. The van der Waals surface area contributed by atoms with Gasteiger partial charge in [0.15, 0.2) is 6.61 Å². The zero-order valence-electron chi connectivity index (χ0n) is 16.0. The predicted molar refractivity (Wildman–Crippen MR) is 107 cm³/mol. The van der Waals surface area contributed by atoms with Gasteiger partial charge in [-0.1, -0.05) is 13.3 Å². The summed E-state index contributed by atoms with van der Waals surface area (Å²) >= 11 is 0. The Labute approximate surface area is 164 Å². The molecule has 0 spiro atoms. The molecule has 2 aromatic rings. The van der Waals surface area contributed by atoms with Crippen molar-refractivity contribution in [1.29, 1.82) is 0 Å². The molecule has 28 heavy (non-hydrogen) atoms. The molecule has 0 unspecified atom stereocenters. The monoisotopic (exact) mass is 384 g/mol. The first-order chi connectivity index (χ1) is 13.5. The summed E-state index contributed by atoms with van der Waals surface area (Å²) in [6.45, 7) is 3.73. The van der Waals surface area contributed by atoms with E-state index >= 15 is 0 Å². The van der Waals surface area contributed by atoms with E-state index in [1.807, 2.05) is 0 Å². The van der Waals surface area contributed by atoms with E-state index in [1.54, 1.807) is 48.5 Å². The fourth-order valence-electron chi connectivity index (χ4n) is 2.27. The standard InChI is InChI=1S/C21H24N2O5/c1-3-4-13-27-19-11-5-16(6-12-19)21(26)28-14-20(25)23-18-9-7-17(8-10-18)22-15(2)24/h5-12H,3-4,13-14H2,1-2H3,(H,22,24)(H,23,25). The minimum Gasteiger partial charge on any atom is -0.494 e. The number of rotatable bonds is 9. The lowest BCUT2D eigenvalue weighted by atomic mass is 10.2. The van der Waals surface area contributed by atoms with Crippen LogP contribution in [0.25, 0.3) is 0 Å². The Bertz CT molecular complexity index is 801. The van der Waals surface area contributed by atoms with Crippen molar-refractivity contribution in [1.82, 2.24) is 0 Å². The number of carbonyl (C=O) groups is 3. The number of esters is 1. The minimum atomic E-state index is -0.587. The van der Waals surface area contributed by atoms with Gasteiger partial charge in [0.05, 0.1) is 12.2 Å². The highest BCUT2D eigenvalue weighted by Gasteiger charge is 2.11. The normalized spacial score (nSPS) is 10.1. The molecule has 0 saturated heterocycles. The molecule has 0 aliphatic heterocycles. The van der Waals surface area contributed by atoms with Gasteiger partial charge in [-0.25, -0.2) is 4.79 Å². The van der Waals surface area contributed by atoms with Crippen LogP contribution in [0, 0.1) is 0 Å². The maximum Gasteiger partial charge on any atom is 0.338 e. The van der Waals surface area contributed by atoms with Crippen LogP contribution in [-0.2, 0) is 14.3 Å². The summed E-state index contributed by atoms with van der Waals surface area (Å²) in [6.07, 6.45) is 2.01. The van der Waals surface area contributed by atoms with Gasteiger partial charge >= 0.3 is 5.97 Å². The van der Waals surface area contributed by atoms with Gasteiger partial charge in [0.1, 0.15) is 5.75 Å². The molecule has 0 aliphatic rings. The van der Waals surface area contributed by atoms with E-state index in [9.17, 15) is 14.4 Å². The maximum absolute atomic E-state index is 12.0. The number of unbranched alkanes of at least 4 members (excludes halogenated alkanes) is 1. The molecule has 7 heteroatoms. The van der Waals surface area contributed by atoms with Gasteiger partial charge < -0.3 is 20.1 Å². The van der Waals surface area contributed by atoms with Gasteiger partial charge in [0.25, 0.3) is 5.91 Å². The lowest BCUT2D eigenvalue weighted by Crippen LogP contribution is -2.20. The van der Waals surface area contributed by atoms with Crippen molar-refractivity contribution in [2.75, 3.05) is 23.8 Å². The topological polar surface area (TPSA) is 93.7 Å². The second kappa shape index (κ2) is 10.7. The lowest BCUT2D eigenvalue weighted by Gasteiger charge is -2.09. The number of benzene rings is 2. The summed E-state index contributed by atoms with van der Waals surface area (Å²) in [5.41, 5.74) is 1.50. The van der Waals surface area contributed by atoms with Crippen molar-refractivity contribution in [2.45, 2.75) is 26.7 Å². The van der Waals surface area contributed by atoms with Crippen molar-refractivity contribution in [2.24, 2.45) is 0 Å². The number of amides is 2. The molecule has 0 heterocycles. The molecular formula is C21H24N2O5. The van der Waals surface area contributed by atoms with Crippen molar-refractivity contribution in [3.63, 3.8) is 0 Å². The largest absolute Gasteiger partial charge is 0.494 e. The van der Waals surface area contributed by atoms with E-state index in [0.29, 0.717) is 29.3 Å². The van der Waals surface area contributed by atoms with Gasteiger partial charge in [-0.3, -0.25) is 9.59 Å². The Hall–Kier alpha value is -3.35. The van der Waals surface area contributed by atoms with Crippen LogP contribution in [0.3, 0.4) is 0 Å². The molecule has 2 aromatic carbocycles. The van der Waals surface area contributed by atoms with Crippen molar-refractivity contribution in [3.05, 3.63) is 54.1 Å². The first kappa shape index (κ1) is 21.0. The number of ether oxygens (including phenoxy) is 2. The molecule has 0 fully saturated rings. The number of hydrogen-bond acceptors (Lipinski definition) is 5. The van der Waals surface area contributed by atoms with Crippen molar-refractivity contribution < 1.29 is 23.9 Å². The summed E-state index contributed by atoms with van der Waals surface area (Å²) in [5, 5.41) is 5.25. The molecule has 0 bridgehead atoms. The summed E-state index contributed by atoms with van der Waals surface area (Å²) in [4.78, 5) is 35.0. The van der Waals surface area contributed by atoms with Gasteiger partial charge in [-0.05, 0) is 55.0 Å².